The molecule has 100 valence electrons. The number of benzene rings is 1. The zero-order valence-corrected chi connectivity index (χ0v) is 10.9. The van der Waals surface area contributed by atoms with Crippen molar-refractivity contribution >= 4 is 5.91 Å². The van der Waals surface area contributed by atoms with Crippen molar-refractivity contribution in [1.82, 2.24) is 5.32 Å². The third-order valence-electron chi connectivity index (χ3n) is 2.91. The minimum absolute atomic E-state index is 0.0969. The van der Waals surface area contributed by atoms with Crippen LogP contribution in [-0.2, 0) is 6.42 Å². The molecule has 19 heavy (non-hydrogen) atoms. The lowest BCUT2D eigenvalue weighted by atomic mass is 10.1. The van der Waals surface area contributed by atoms with Gasteiger partial charge in [-0.3, -0.25) is 4.79 Å². The van der Waals surface area contributed by atoms with Crippen molar-refractivity contribution in [2.24, 2.45) is 5.73 Å². The first-order valence-electron chi connectivity index (χ1n) is 6.30. The number of hydrogen-bond acceptors (Lipinski definition) is 3. The number of nitrogens with two attached hydrogens (primary N) is 1. The fourth-order valence-electron chi connectivity index (χ4n) is 1.90. The minimum Gasteiger partial charge on any atom is -0.456 e. The first-order valence-corrected chi connectivity index (χ1v) is 6.30. The molecule has 1 amide bonds. The first kappa shape index (κ1) is 13.4. The van der Waals surface area contributed by atoms with E-state index in [0.717, 1.165) is 11.3 Å². The maximum absolute atomic E-state index is 12.0. The normalized spacial score (nSPS) is 12.1. The maximum Gasteiger partial charge on any atom is 0.287 e. The van der Waals surface area contributed by atoms with Gasteiger partial charge in [0.25, 0.3) is 5.91 Å². The highest BCUT2D eigenvalue weighted by molar-refractivity contribution is 5.91. The van der Waals surface area contributed by atoms with Crippen LogP contribution >= 0.6 is 0 Å². The van der Waals surface area contributed by atoms with E-state index in [9.17, 15) is 4.79 Å². The summed E-state index contributed by atoms with van der Waals surface area (Å²) in [7, 11) is 0. The van der Waals surface area contributed by atoms with Crippen molar-refractivity contribution in [2.45, 2.75) is 19.4 Å². The lowest BCUT2D eigenvalue weighted by molar-refractivity contribution is 0.0908. The third kappa shape index (κ3) is 3.69. The van der Waals surface area contributed by atoms with Gasteiger partial charge in [0.1, 0.15) is 5.76 Å². The van der Waals surface area contributed by atoms with Crippen LogP contribution in [0.3, 0.4) is 0 Å². The summed E-state index contributed by atoms with van der Waals surface area (Å²) in [6, 6.07) is 13.3. The van der Waals surface area contributed by atoms with Gasteiger partial charge < -0.3 is 15.5 Å². The Hall–Kier alpha value is -2.07. The van der Waals surface area contributed by atoms with E-state index in [1.54, 1.807) is 19.1 Å². The van der Waals surface area contributed by atoms with E-state index in [4.69, 9.17) is 10.2 Å². The second-order valence-electron chi connectivity index (χ2n) is 4.51. The number of hydrogen-bond donors (Lipinski definition) is 2. The lowest BCUT2D eigenvalue weighted by Gasteiger charge is -2.16. The number of carbonyl (C=O) groups is 1. The predicted octanol–water partition coefficient (Wildman–Crippen LogP) is 1.89. The van der Waals surface area contributed by atoms with Crippen LogP contribution in [0.5, 0.6) is 0 Å². The van der Waals surface area contributed by atoms with Gasteiger partial charge >= 0.3 is 0 Å². The fraction of sp³-hybridized carbons (Fsp3) is 0.267. The highest BCUT2D eigenvalue weighted by Gasteiger charge is 2.15. The molecule has 0 saturated heterocycles. The summed E-state index contributed by atoms with van der Waals surface area (Å²) < 4.78 is 5.29. The van der Waals surface area contributed by atoms with Crippen LogP contribution in [0, 0.1) is 6.92 Å². The summed E-state index contributed by atoms with van der Waals surface area (Å²) in [6.07, 6.45) is 0.711. The van der Waals surface area contributed by atoms with Crippen molar-refractivity contribution < 1.29 is 9.21 Å². The topological polar surface area (TPSA) is 68.3 Å². The Labute approximate surface area is 112 Å². The van der Waals surface area contributed by atoms with Crippen LogP contribution in [0.4, 0.5) is 0 Å². The summed E-state index contributed by atoms with van der Waals surface area (Å²) in [5, 5.41) is 2.89. The summed E-state index contributed by atoms with van der Waals surface area (Å²) in [5.41, 5.74) is 6.85. The van der Waals surface area contributed by atoms with Crippen molar-refractivity contribution in [3.05, 3.63) is 59.5 Å². The van der Waals surface area contributed by atoms with Gasteiger partial charge in [0, 0.05) is 12.6 Å². The molecule has 1 atom stereocenters. The quantitative estimate of drug-likeness (QED) is 0.860. The SMILES string of the molecule is Cc1ccc(C(=O)NC(CN)Cc2ccccc2)o1. The van der Waals surface area contributed by atoms with Crippen LogP contribution in [0.1, 0.15) is 21.9 Å². The summed E-state index contributed by atoms with van der Waals surface area (Å²) >= 11 is 0. The summed E-state index contributed by atoms with van der Waals surface area (Å²) in [5.74, 6) is 0.820. The molecular formula is C15H18N2O2. The molecule has 4 nitrogen and oxygen atoms in total. The van der Waals surface area contributed by atoms with Crippen LogP contribution < -0.4 is 11.1 Å². The molecule has 0 saturated carbocycles. The van der Waals surface area contributed by atoms with Crippen molar-refractivity contribution in [3.8, 4) is 0 Å². The van der Waals surface area contributed by atoms with Crippen LogP contribution in [-0.4, -0.2) is 18.5 Å². The Morgan fingerprint density at radius 2 is 2.00 bits per heavy atom. The Bertz CT molecular complexity index is 534. The van der Waals surface area contributed by atoms with Crippen LogP contribution in [0.25, 0.3) is 0 Å². The van der Waals surface area contributed by atoms with E-state index in [-0.39, 0.29) is 11.9 Å². The van der Waals surface area contributed by atoms with E-state index >= 15 is 0 Å². The van der Waals surface area contributed by atoms with Gasteiger partial charge in [0.2, 0.25) is 0 Å². The number of nitrogens with one attached hydrogen (secondary N) is 1. The molecule has 1 aromatic heterocycles. The number of rotatable bonds is 5. The van der Waals surface area contributed by atoms with Gasteiger partial charge in [-0.1, -0.05) is 30.3 Å². The van der Waals surface area contributed by atoms with E-state index in [2.05, 4.69) is 5.32 Å². The predicted molar refractivity (Wildman–Crippen MR) is 73.9 cm³/mol. The van der Waals surface area contributed by atoms with Gasteiger partial charge in [0.15, 0.2) is 5.76 Å². The molecule has 1 heterocycles. The van der Waals surface area contributed by atoms with Gasteiger partial charge in [0.05, 0.1) is 0 Å². The fourth-order valence-corrected chi connectivity index (χ4v) is 1.90. The standard InChI is InChI=1S/C15H18N2O2/c1-11-7-8-14(19-11)15(18)17-13(10-16)9-12-5-3-2-4-6-12/h2-8,13H,9-10,16H2,1H3,(H,17,18). The molecule has 3 N–H and O–H groups in total. The van der Waals surface area contributed by atoms with Crippen LogP contribution in [0.15, 0.2) is 46.9 Å². The van der Waals surface area contributed by atoms with E-state index in [1.807, 2.05) is 30.3 Å². The van der Waals surface area contributed by atoms with Crippen molar-refractivity contribution in [2.75, 3.05) is 6.54 Å². The monoisotopic (exact) mass is 258 g/mol. The minimum atomic E-state index is -0.223. The van der Waals surface area contributed by atoms with E-state index in [1.165, 1.54) is 0 Å². The maximum atomic E-state index is 12.0. The smallest absolute Gasteiger partial charge is 0.287 e. The highest BCUT2D eigenvalue weighted by Crippen LogP contribution is 2.07. The lowest BCUT2D eigenvalue weighted by Crippen LogP contribution is -2.41. The van der Waals surface area contributed by atoms with Gasteiger partial charge in [-0.05, 0) is 31.0 Å². The molecular weight excluding hydrogens is 240 g/mol. The second kappa shape index (κ2) is 6.20. The molecule has 0 aliphatic carbocycles. The zero-order chi connectivity index (χ0) is 13.7. The van der Waals surface area contributed by atoms with Crippen molar-refractivity contribution in [1.29, 1.82) is 0 Å². The average Bonchev–Trinajstić information content (AvgIpc) is 2.86. The Morgan fingerprint density at radius 3 is 2.58 bits per heavy atom. The largest absolute Gasteiger partial charge is 0.456 e. The summed E-state index contributed by atoms with van der Waals surface area (Å²) in [6.45, 7) is 2.20. The van der Waals surface area contributed by atoms with Crippen molar-refractivity contribution in [3.63, 3.8) is 0 Å². The molecule has 0 aliphatic rings. The van der Waals surface area contributed by atoms with Gasteiger partial charge in [-0.2, -0.15) is 0 Å². The molecule has 0 fully saturated rings. The number of furan rings is 1. The molecule has 1 unspecified atom stereocenters. The number of aryl methyl sites for hydroxylation is 1. The molecule has 0 aliphatic heterocycles. The van der Waals surface area contributed by atoms with E-state index in [0.29, 0.717) is 18.7 Å². The second-order valence-corrected chi connectivity index (χ2v) is 4.51. The molecule has 2 rings (SSSR count). The zero-order valence-electron chi connectivity index (χ0n) is 10.9. The molecule has 0 bridgehead atoms. The Morgan fingerprint density at radius 1 is 1.26 bits per heavy atom. The van der Waals surface area contributed by atoms with E-state index < -0.39 is 0 Å². The Balaban J connectivity index is 1.97. The van der Waals surface area contributed by atoms with Crippen LogP contribution in [0.2, 0.25) is 0 Å². The number of amides is 1. The van der Waals surface area contributed by atoms with Gasteiger partial charge in [-0.25, -0.2) is 0 Å². The average molecular weight is 258 g/mol. The number of carbonyl (C=O) groups excluding carboxylic acids is 1. The summed E-state index contributed by atoms with van der Waals surface area (Å²) in [4.78, 5) is 12.0. The molecule has 0 radical (unpaired) electrons. The molecule has 4 heteroatoms. The third-order valence-corrected chi connectivity index (χ3v) is 2.91. The molecule has 2 aromatic rings. The Kier molecular flexibility index (Phi) is 4.36. The highest BCUT2D eigenvalue weighted by atomic mass is 16.3. The molecule has 0 spiro atoms. The molecule has 1 aromatic carbocycles. The first-order chi connectivity index (χ1) is 9.19. The van der Waals surface area contributed by atoms with Gasteiger partial charge in [-0.15, -0.1) is 0 Å².